The first kappa shape index (κ1) is 24.7. The molecule has 35 heavy (non-hydrogen) atoms. The van der Waals surface area contributed by atoms with E-state index in [0.717, 1.165) is 35.4 Å². The first-order valence-corrected chi connectivity index (χ1v) is 12.4. The minimum Gasteiger partial charge on any atom is -0.497 e. The van der Waals surface area contributed by atoms with Gasteiger partial charge in [0.05, 0.1) is 39.7 Å². The van der Waals surface area contributed by atoms with E-state index >= 15 is 0 Å². The Kier molecular flexibility index (Phi) is 7.70. The van der Waals surface area contributed by atoms with Crippen LogP contribution in [-0.4, -0.2) is 34.3 Å². The first-order chi connectivity index (χ1) is 17.0. The fraction of sp³-hybridized carbons (Fsp3) is 0.370. The number of methoxy groups -OCH3 is 4. The van der Waals surface area contributed by atoms with Crippen molar-refractivity contribution in [2.75, 3.05) is 39.1 Å². The van der Waals surface area contributed by atoms with Crippen molar-refractivity contribution in [1.82, 2.24) is 0 Å². The summed E-state index contributed by atoms with van der Waals surface area (Å²) in [6.07, 6.45) is 2.93. The van der Waals surface area contributed by atoms with Gasteiger partial charge < -0.3 is 29.6 Å². The van der Waals surface area contributed by atoms with Crippen molar-refractivity contribution in [3.63, 3.8) is 0 Å². The molecular weight excluding hydrogens is 464 g/mol. The Hall–Kier alpha value is -3.39. The second-order valence-electron chi connectivity index (χ2n) is 8.58. The molecule has 4 rings (SSSR count). The van der Waals surface area contributed by atoms with Crippen LogP contribution in [0.25, 0.3) is 0 Å². The first-order valence-electron chi connectivity index (χ1n) is 11.6. The van der Waals surface area contributed by atoms with E-state index in [1.54, 1.807) is 58.0 Å². The van der Waals surface area contributed by atoms with Crippen LogP contribution in [0.15, 0.2) is 36.4 Å². The van der Waals surface area contributed by atoms with Crippen LogP contribution < -0.4 is 29.6 Å². The van der Waals surface area contributed by atoms with E-state index < -0.39 is 0 Å². The average Bonchev–Trinajstić information content (AvgIpc) is 3.24. The van der Waals surface area contributed by atoms with Crippen molar-refractivity contribution >= 4 is 27.9 Å². The number of fused-ring (bicyclic) bond motifs is 1. The predicted octanol–water partition coefficient (Wildman–Crippen LogP) is 5.77. The summed E-state index contributed by atoms with van der Waals surface area (Å²) in [6.45, 7) is 2.76. The lowest BCUT2D eigenvalue weighted by molar-refractivity contribution is 0.102. The molecule has 0 fully saturated rings. The van der Waals surface area contributed by atoms with E-state index in [1.807, 2.05) is 18.2 Å². The van der Waals surface area contributed by atoms with Crippen LogP contribution in [-0.2, 0) is 19.4 Å². The van der Waals surface area contributed by atoms with Gasteiger partial charge in [-0.3, -0.25) is 4.79 Å². The number of hydrogen-bond donors (Lipinski definition) is 2. The zero-order valence-corrected chi connectivity index (χ0v) is 21.6. The fourth-order valence-electron chi connectivity index (χ4n) is 4.48. The highest BCUT2D eigenvalue weighted by atomic mass is 32.1. The number of rotatable bonds is 9. The Morgan fingerprint density at radius 2 is 1.83 bits per heavy atom. The fourth-order valence-corrected chi connectivity index (χ4v) is 5.88. The van der Waals surface area contributed by atoms with Crippen molar-refractivity contribution in [3.8, 4) is 23.0 Å². The van der Waals surface area contributed by atoms with Gasteiger partial charge in [-0.25, -0.2) is 0 Å². The number of para-hydroxylation sites is 1. The number of hydrogen-bond acceptors (Lipinski definition) is 7. The third-order valence-corrected chi connectivity index (χ3v) is 7.53. The zero-order valence-electron chi connectivity index (χ0n) is 20.8. The second kappa shape index (κ2) is 10.9. The number of carbonyl (C=O) groups excluding carboxylic acids is 1. The Morgan fingerprint density at radius 1 is 1.03 bits per heavy atom. The van der Waals surface area contributed by atoms with Gasteiger partial charge in [-0.15, -0.1) is 11.3 Å². The molecule has 1 unspecified atom stereocenters. The van der Waals surface area contributed by atoms with Gasteiger partial charge in [-0.05, 0) is 48.9 Å². The van der Waals surface area contributed by atoms with Gasteiger partial charge in [0.2, 0.25) is 0 Å². The molecule has 1 amide bonds. The SMILES string of the molecule is COc1ccc(OC)c(NC(=O)c2c(NCc3cccc(OC)c3OC)sc3c2CCC(C)C3)c1. The van der Waals surface area contributed by atoms with Crippen molar-refractivity contribution < 1.29 is 23.7 Å². The van der Waals surface area contributed by atoms with Crippen LogP contribution in [0, 0.1) is 5.92 Å². The number of carbonyl (C=O) groups is 1. The quantitative estimate of drug-likeness (QED) is 0.392. The van der Waals surface area contributed by atoms with Gasteiger partial charge in [0, 0.05) is 23.1 Å². The van der Waals surface area contributed by atoms with Crippen molar-refractivity contribution in [1.29, 1.82) is 0 Å². The zero-order chi connectivity index (χ0) is 24.9. The molecule has 2 N–H and O–H groups in total. The number of anilines is 2. The molecule has 0 radical (unpaired) electrons. The molecule has 2 aromatic carbocycles. The smallest absolute Gasteiger partial charge is 0.259 e. The van der Waals surface area contributed by atoms with Crippen LogP contribution in [0.2, 0.25) is 0 Å². The summed E-state index contributed by atoms with van der Waals surface area (Å²) in [5.41, 5.74) is 3.35. The Bertz CT molecular complexity index is 1210. The highest BCUT2D eigenvalue weighted by Crippen LogP contribution is 2.41. The van der Waals surface area contributed by atoms with Crippen molar-refractivity contribution in [3.05, 3.63) is 58.0 Å². The van der Waals surface area contributed by atoms with Crippen molar-refractivity contribution in [2.45, 2.75) is 32.7 Å². The van der Waals surface area contributed by atoms with E-state index in [2.05, 4.69) is 17.6 Å². The minimum absolute atomic E-state index is 0.163. The molecule has 8 heteroatoms. The minimum atomic E-state index is -0.163. The third kappa shape index (κ3) is 5.17. The van der Waals surface area contributed by atoms with Gasteiger partial charge in [-0.2, -0.15) is 0 Å². The number of benzene rings is 2. The second-order valence-corrected chi connectivity index (χ2v) is 9.69. The van der Waals surface area contributed by atoms with E-state index in [0.29, 0.717) is 46.7 Å². The molecule has 0 saturated carbocycles. The van der Waals surface area contributed by atoms with Gasteiger partial charge in [-0.1, -0.05) is 19.1 Å². The summed E-state index contributed by atoms with van der Waals surface area (Å²) in [6, 6.07) is 11.1. The lowest BCUT2D eigenvalue weighted by atomic mass is 9.88. The Labute approximate surface area is 210 Å². The number of thiophene rings is 1. The van der Waals surface area contributed by atoms with Gasteiger partial charge in [0.15, 0.2) is 11.5 Å². The highest BCUT2D eigenvalue weighted by molar-refractivity contribution is 7.16. The molecule has 1 aliphatic carbocycles. The maximum absolute atomic E-state index is 13.7. The largest absolute Gasteiger partial charge is 0.497 e. The van der Waals surface area contributed by atoms with Crippen molar-refractivity contribution in [2.24, 2.45) is 5.92 Å². The Balaban J connectivity index is 1.67. The molecule has 1 aromatic heterocycles. The summed E-state index contributed by atoms with van der Waals surface area (Å²) >= 11 is 1.66. The van der Waals surface area contributed by atoms with E-state index in [1.165, 1.54) is 4.88 Å². The summed E-state index contributed by atoms with van der Waals surface area (Å²) in [5, 5.41) is 7.42. The van der Waals surface area contributed by atoms with Gasteiger partial charge >= 0.3 is 0 Å². The van der Waals surface area contributed by atoms with Gasteiger partial charge in [0.1, 0.15) is 16.5 Å². The molecule has 0 saturated heterocycles. The standard InChI is InChI=1S/C27H32N2O5S/c1-16-9-11-19-23(13-16)35-27(28-15-17-7-6-8-22(33-4)25(17)34-5)24(19)26(30)29-20-14-18(31-2)10-12-21(20)32-3/h6-8,10,12,14,16,28H,9,11,13,15H2,1-5H3,(H,29,30). The van der Waals surface area contributed by atoms with E-state index in [9.17, 15) is 4.79 Å². The molecule has 186 valence electrons. The van der Waals surface area contributed by atoms with Crippen LogP contribution in [0.5, 0.6) is 23.0 Å². The maximum Gasteiger partial charge on any atom is 0.259 e. The molecule has 3 aromatic rings. The number of nitrogens with one attached hydrogen (secondary N) is 2. The Morgan fingerprint density at radius 3 is 2.54 bits per heavy atom. The summed E-state index contributed by atoms with van der Waals surface area (Å²) in [7, 11) is 6.43. The summed E-state index contributed by atoms with van der Waals surface area (Å²) in [4.78, 5) is 14.9. The predicted molar refractivity (Wildman–Crippen MR) is 140 cm³/mol. The van der Waals surface area contributed by atoms with E-state index in [4.69, 9.17) is 18.9 Å². The molecule has 0 bridgehead atoms. The number of ether oxygens (including phenoxy) is 4. The van der Waals surface area contributed by atoms with Gasteiger partial charge in [0.25, 0.3) is 5.91 Å². The number of amides is 1. The lowest BCUT2D eigenvalue weighted by Crippen LogP contribution is -2.18. The molecule has 1 atom stereocenters. The highest BCUT2D eigenvalue weighted by Gasteiger charge is 2.28. The van der Waals surface area contributed by atoms with Crippen LogP contribution in [0.4, 0.5) is 10.7 Å². The molecule has 1 aliphatic rings. The summed E-state index contributed by atoms with van der Waals surface area (Å²) < 4.78 is 21.8. The summed E-state index contributed by atoms with van der Waals surface area (Å²) in [5.74, 6) is 3.02. The molecule has 0 aliphatic heterocycles. The lowest BCUT2D eigenvalue weighted by Gasteiger charge is -2.19. The average molecular weight is 497 g/mol. The van der Waals surface area contributed by atoms with Crippen LogP contribution in [0.3, 0.4) is 0 Å². The third-order valence-electron chi connectivity index (χ3n) is 6.32. The van der Waals surface area contributed by atoms with Crippen LogP contribution >= 0.6 is 11.3 Å². The molecule has 7 nitrogen and oxygen atoms in total. The maximum atomic E-state index is 13.7. The topological polar surface area (TPSA) is 78.1 Å². The van der Waals surface area contributed by atoms with Crippen LogP contribution in [0.1, 0.15) is 39.7 Å². The normalized spacial score (nSPS) is 14.6. The molecule has 1 heterocycles. The molecular formula is C27H32N2O5S. The monoisotopic (exact) mass is 496 g/mol. The van der Waals surface area contributed by atoms with E-state index in [-0.39, 0.29) is 5.91 Å². The molecule has 0 spiro atoms.